The minimum absolute atomic E-state index is 0.247. The fraction of sp³-hybridized carbons (Fsp3) is 0.393. The standard InChI is InChI=1S/C28H32O5/c1-16-17(2)26-24(19(4)25(16)29)15-28(5,33-26)11-12-32-27(30)18(3)20-7-8-22-14-23(31-6)10-9-21(22)13-20/h7-10,13-14,18,29H,11-12,15H2,1-6H3/t18-,28+/m0/s1. The highest BCUT2D eigenvalue weighted by molar-refractivity contribution is 5.86. The molecule has 0 fully saturated rings. The molecule has 3 aromatic carbocycles. The van der Waals surface area contributed by atoms with Gasteiger partial charge in [0.05, 0.1) is 19.6 Å². The average molecular weight is 449 g/mol. The molecular weight excluding hydrogens is 416 g/mol. The van der Waals surface area contributed by atoms with Crippen LogP contribution in [0.25, 0.3) is 10.8 Å². The number of rotatable bonds is 6. The molecule has 1 aliphatic heterocycles. The quantitative estimate of drug-likeness (QED) is 0.475. The molecule has 4 rings (SSSR count). The molecule has 0 amide bonds. The first-order valence-corrected chi connectivity index (χ1v) is 11.4. The van der Waals surface area contributed by atoms with E-state index < -0.39 is 5.60 Å². The summed E-state index contributed by atoms with van der Waals surface area (Å²) < 4.78 is 17.3. The van der Waals surface area contributed by atoms with Crippen molar-refractivity contribution >= 4 is 16.7 Å². The number of hydrogen-bond donors (Lipinski definition) is 1. The molecule has 1 aliphatic rings. The molecule has 0 spiro atoms. The molecule has 0 bridgehead atoms. The van der Waals surface area contributed by atoms with Crippen LogP contribution in [-0.2, 0) is 16.0 Å². The van der Waals surface area contributed by atoms with Crippen molar-refractivity contribution in [2.75, 3.05) is 13.7 Å². The molecule has 5 nitrogen and oxygen atoms in total. The lowest BCUT2D eigenvalue weighted by atomic mass is 9.91. The molecule has 1 N–H and O–H groups in total. The second kappa shape index (κ2) is 8.62. The molecule has 33 heavy (non-hydrogen) atoms. The summed E-state index contributed by atoms with van der Waals surface area (Å²) in [5.41, 5.74) is 4.19. The number of methoxy groups -OCH3 is 1. The van der Waals surface area contributed by atoms with E-state index in [1.54, 1.807) is 7.11 Å². The summed E-state index contributed by atoms with van der Waals surface area (Å²) in [4.78, 5) is 12.8. The van der Waals surface area contributed by atoms with Crippen LogP contribution in [-0.4, -0.2) is 30.4 Å². The zero-order valence-electron chi connectivity index (χ0n) is 20.2. The smallest absolute Gasteiger partial charge is 0.313 e. The zero-order chi connectivity index (χ0) is 23.9. The first-order valence-electron chi connectivity index (χ1n) is 11.4. The number of ether oxygens (including phenoxy) is 3. The molecule has 174 valence electrons. The largest absolute Gasteiger partial charge is 0.507 e. The predicted molar refractivity (Wildman–Crippen MR) is 130 cm³/mol. The number of benzene rings is 3. The van der Waals surface area contributed by atoms with E-state index in [2.05, 4.69) is 0 Å². The van der Waals surface area contributed by atoms with Gasteiger partial charge in [-0.1, -0.05) is 24.3 Å². The number of hydrogen-bond acceptors (Lipinski definition) is 5. The van der Waals surface area contributed by atoms with Gasteiger partial charge in [-0.3, -0.25) is 4.79 Å². The van der Waals surface area contributed by atoms with Crippen LogP contribution in [0.15, 0.2) is 36.4 Å². The van der Waals surface area contributed by atoms with Crippen molar-refractivity contribution in [3.63, 3.8) is 0 Å². The van der Waals surface area contributed by atoms with Crippen LogP contribution in [0.4, 0.5) is 0 Å². The normalized spacial score (nSPS) is 18.0. The van der Waals surface area contributed by atoms with Gasteiger partial charge in [0.2, 0.25) is 0 Å². The molecule has 0 unspecified atom stereocenters. The van der Waals surface area contributed by atoms with Crippen molar-refractivity contribution in [1.82, 2.24) is 0 Å². The van der Waals surface area contributed by atoms with Gasteiger partial charge < -0.3 is 19.3 Å². The third-order valence-corrected chi connectivity index (χ3v) is 7.04. The Morgan fingerprint density at radius 2 is 1.79 bits per heavy atom. The highest BCUT2D eigenvalue weighted by atomic mass is 16.5. The van der Waals surface area contributed by atoms with E-state index in [4.69, 9.17) is 14.2 Å². The summed E-state index contributed by atoms with van der Waals surface area (Å²) in [7, 11) is 1.65. The Morgan fingerprint density at radius 1 is 1.09 bits per heavy atom. The Kier molecular flexibility index (Phi) is 6.00. The van der Waals surface area contributed by atoms with Crippen LogP contribution in [0.3, 0.4) is 0 Å². The highest BCUT2D eigenvalue weighted by Gasteiger charge is 2.38. The van der Waals surface area contributed by atoms with Gasteiger partial charge in [-0.2, -0.15) is 0 Å². The molecular formula is C28H32O5. The Morgan fingerprint density at radius 3 is 2.52 bits per heavy atom. The fourth-order valence-corrected chi connectivity index (χ4v) is 4.58. The molecule has 0 saturated heterocycles. The summed E-state index contributed by atoms with van der Waals surface area (Å²) in [6.07, 6.45) is 1.26. The van der Waals surface area contributed by atoms with Gasteiger partial charge in [0.15, 0.2) is 0 Å². The average Bonchev–Trinajstić information content (AvgIpc) is 3.17. The summed E-state index contributed by atoms with van der Waals surface area (Å²) >= 11 is 0. The van der Waals surface area contributed by atoms with Gasteiger partial charge in [0.25, 0.3) is 0 Å². The maximum atomic E-state index is 12.8. The van der Waals surface area contributed by atoms with Crippen molar-refractivity contribution in [3.8, 4) is 17.2 Å². The van der Waals surface area contributed by atoms with Crippen LogP contribution >= 0.6 is 0 Å². The highest BCUT2D eigenvalue weighted by Crippen LogP contribution is 2.45. The van der Waals surface area contributed by atoms with Crippen LogP contribution < -0.4 is 9.47 Å². The van der Waals surface area contributed by atoms with E-state index in [9.17, 15) is 9.90 Å². The maximum absolute atomic E-state index is 12.8. The number of phenols is 1. The SMILES string of the molecule is COc1ccc2cc([C@H](C)C(=O)OCC[C@]3(C)Cc4c(C)c(O)c(C)c(C)c4O3)ccc2c1. The van der Waals surface area contributed by atoms with Gasteiger partial charge in [0.1, 0.15) is 22.8 Å². The lowest BCUT2D eigenvalue weighted by Gasteiger charge is -2.24. The van der Waals surface area contributed by atoms with Gasteiger partial charge in [-0.15, -0.1) is 0 Å². The number of carbonyl (C=O) groups excluding carboxylic acids is 1. The Balaban J connectivity index is 1.39. The number of carbonyl (C=O) groups is 1. The molecule has 0 saturated carbocycles. The minimum atomic E-state index is -0.469. The number of phenolic OH excluding ortho intramolecular Hbond substituents is 1. The maximum Gasteiger partial charge on any atom is 0.313 e. The van der Waals surface area contributed by atoms with E-state index in [1.165, 1.54) is 0 Å². The van der Waals surface area contributed by atoms with Gasteiger partial charge >= 0.3 is 5.97 Å². The second-order valence-electron chi connectivity index (χ2n) is 9.37. The number of esters is 1. The lowest BCUT2D eigenvalue weighted by molar-refractivity contribution is -0.146. The third kappa shape index (κ3) is 4.24. The van der Waals surface area contributed by atoms with E-state index >= 15 is 0 Å². The Bertz CT molecular complexity index is 1190. The van der Waals surface area contributed by atoms with Crippen LogP contribution in [0.1, 0.15) is 54.0 Å². The first-order chi connectivity index (χ1) is 15.6. The summed E-state index contributed by atoms with van der Waals surface area (Å²) in [5.74, 6) is 1.40. The summed E-state index contributed by atoms with van der Waals surface area (Å²) in [6, 6.07) is 11.9. The van der Waals surface area contributed by atoms with E-state index in [1.807, 2.05) is 71.0 Å². The van der Waals surface area contributed by atoms with Crippen molar-refractivity contribution in [2.45, 2.75) is 59.0 Å². The van der Waals surface area contributed by atoms with Crippen molar-refractivity contribution in [2.24, 2.45) is 0 Å². The second-order valence-corrected chi connectivity index (χ2v) is 9.37. The number of aromatic hydroxyl groups is 1. The Labute approximate surface area is 195 Å². The monoisotopic (exact) mass is 448 g/mol. The minimum Gasteiger partial charge on any atom is -0.507 e. The van der Waals surface area contributed by atoms with Crippen molar-refractivity contribution in [3.05, 3.63) is 64.2 Å². The van der Waals surface area contributed by atoms with Crippen LogP contribution in [0, 0.1) is 20.8 Å². The van der Waals surface area contributed by atoms with Crippen LogP contribution in [0.5, 0.6) is 17.2 Å². The molecule has 2 atom stereocenters. The van der Waals surface area contributed by atoms with Crippen molar-refractivity contribution in [1.29, 1.82) is 0 Å². The molecule has 0 aliphatic carbocycles. The molecule has 3 aromatic rings. The zero-order valence-corrected chi connectivity index (χ0v) is 20.2. The molecule has 5 heteroatoms. The van der Waals surface area contributed by atoms with E-state index in [-0.39, 0.29) is 18.5 Å². The fourth-order valence-electron chi connectivity index (χ4n) is 4.58. The van der Waals surface area contributed by atoms with Gasteiger partial charge in [-0.05, 0) is 79.8 Å². The third-order valence-electron chi connectivity index (χ3n) is 7.04. The van der Waals surface area contributed by atoms with Crippen LogP contribution in [0.2, 0.25) is 0 Å². The lowest BCUT2D eigenvalue weighted by Crippen LogP contribution is -2.32. The first kappa shape index (κ1) is 23.0. The number of fused-ring (bicyclic) bond motifs is 2. The van der Waals surface area contributed by atoms with E-state index in [0.29, 0.717) is 18.6 Å². The van der Waals surface area contributed by atoms with Gasteiger partial charge in [0, 0.05) is 18.4 Å². The molecule has 0 aromatic heterocycles. The van der Waals surface area contributed by atoms with Crippen molar-refractivity contribution < 1.29 is 24.1 Å². The topological polar surface area (TPSA) is 65.0 Å². The van der Waals surface area contributed by atoms with Gasteiger partial charge in [-0.25, -0.2) is 0 Å². The summed E-state index contributed by atoms with van der Waals surface area (Å²) in [5, 5.41) is 12.5. The Hall–Kier alpha value is -3.21. The summed E-state index contributed by atoms with van der Waals surface area (Å²) in [6.45, 7) is 9.99. The van der Waals surface area contributed by atoms with E-state index in [0.717, 1.165) is 50.1 Å². The predicted octanol–water partition coefficient (Wildman–Crippen LogP) is 5.91. The molecule has 0 radical (unpaired) electrons. The molecule has 1 heterocycles.